The van der Waals surface area contributed by atoms with Crippen molar-refractivity contribution in [3.8, 4) is 5.75 Å². The van der Waals surface area contributed by atoms with E-state index in [9.17, 15) is 0 Å². The number of nitrogens with one attached hydrogen (secondary N) is 1. The number of hydrogen-bond acceptors (Lipinski definition) is 3. The van der Waals surface area contributed by atoms with Crippen molar-refractivity contribution in [1.82, 2.24) is 0 Å². The van der Waals surface area contributed by atoms with Gasteiger partial charge in [0.05, 0.1) is 25.3 Å². The minimum Gasteiger partial charge on any atom is -0.495 e. The Morgan fingerprint density at radius 2 is 1.88 bits per heavy atom. The summed E-state index contributed by atoms with van der Waals surface area (Å²) in [5, 5.41) is 3.52. The summed E-state index contributed by atoms with van der Waals surface area (Å²) in [5.41, 5.74) is 8.86. The lowest BCUT2D eigenvalue weighted by Gasteiger charge is -2.09. The summed E-state index contributed by atoms with van der Waals surface area (Å²) in [6.45, 7) is 1.02. The lowest BCUT2D eigenvalue weighted by molar-refractivity contribution is 0.184. The maximum Gasteiger partial charge on any atom is 0.193 e. The molecule has 0 aliphatic carbocycles. The van der Waals surface area contributed by atoms with Crippen LogP contribution in [-0.4, -0.2) is 20.2 Å². The van der Waals surface area contributed by atoms with Gasteiger partial charge in [0.15, 0.2) is 5.96 Å². The molecule has 7 heteroatoms. The number of aliphatic imine (C=N–C) groups is 1. The lowest BCUT2D eigenvalue weighted by Crippen LogP contribution is -2.22. The van der Waals surface area contributed by atoms with Crippen LogP contribution in [0.15, 0.2) is 47.5 Å². The number of methoxy groups -OCH3 is 2. The molecule has 24 heavy (non-hydrogen) atoms. The molecule has 3 N–H and O–H groups in total. The predicted octanol–water partition coefficient (Wildman–Crippen LogP) is 4.04. The molecule has 0 spiro atoms. The van der Waals surface area contributed by atoms with E-state index in [0.29, 0.717) is 29.9 Å². The monoisotopic (exact) mass is 461 g/mol. The molecule has 0 amide bonds. The summed E-state index contributed by atoms with van der Waals surface area (Å²) >= 11 is 6.08. The van der Waals surface area contributed by atoms with Crippen molar-refractivity contribution in [2.75, 3.05) is 19.5 Å². The number of nitrogens with two attached hydrogens (primary N) is 1. The standard InChI is InChI=1S/C17H20ClN3O2.HI/c1-22-11-13-6-4-3-5-12(13)10-20-17(19)21-14-7-8-16(23-2)15(18)9-14;/h3-9H,10-11H2,1-2H3,(H3,19,20,21);1H. The van der Waals surface area contributed by atoms with Crippen molar-refractivity contribution < 1.29 is 9.47 Å². The van der Waals surface area contributed by atoms with Crippen LogP contribution in [0.1, 0.15) is 11.1 Å². The van der Waals surface area contributed by atoms with E-state index in [4.69, 9.17) is 26.8 Å². The maximum absolute atomic E-state index is 6.08. The van der Waals surface area contributed by atoms with Crippen LogP contribution in [-0.2, 0) is 17.9 Å². The molecule has 0 atom stereocenters. The Kier molecular flexibility index (Phi) is 8.88. The van der Waals surface area contributed by atoms with Crippen LogP contribution in [0.3, 0.4) is 0 Å². The van der Waals surface area contributed by atoms with Crippen LogP contribution in [0, 0.1) is 0 Å². The second kappa shape index (κ2) is 10.4. The summed E-state index contributed by atoms with van der Waals surface area (Å²) in [6.07, 6.45) is 0. The Hall–Kier alpha value is -1.51. The highest BCUT2D eigenvalue weighted by Gasteiger charge is 2.04. The zero-order chi connectivity index (χ0) is 16.7. The van der Waals surface area contributed by atoms with Crippen molar-refractivity contribution in [2.24, 2.45) is 10.7 Å². The largest absolute Gasteiger partial charge is 0.495 e. The number of rotatable bonds is 6. The Labute approximate surface area is 164 Å². The number of halogens is 2. The summed E-state index contributed by atoms with van der Waals surface area (Å²) in [7, 11) is 3.24. The van der Waals surface area contributed by atoms with Crippen molar-refractivity contribution >= 4 is 47.2 Å². The van der Waals surface area contributed by atoms with Gasteiger partial charge in [0.1, 0.15) is 5.75 Å². The third-order valence-corrected chi connectivity index (χ3v) is 3.56. The molecular weight excluding hydrogens is 441 g/mol. The fourth-order valence-electron chi connectivity index (χ4n) is 2.11. The normalized spacial score (nSPS) is 10.9. The maximum atomic E-state index is 6.08. The fraction of sp³-hybridized carbons (Fsp3) is 0.235. The first kappa shape index (κ1) is 20.5. The van der Waals surface area contributed by atoms with E-state index in [2.05, 4.69) is 10.3 Å². The number of ether oxygens (including phenoxy) is 2. The fourth-order valence-corrected chi connectivity index (χ4v) is 2.37. The second-order valence-electron chi connectivity index (χ2n) is 4.88. The third kappa shape index (κ3) is 5.85. The molecule has 0 aliphatic heterocycles. The number of guanidine groups is 1. The molecule has 0 heterocycles. The van der Waals surface area contributed by atoms with Crippen LogP contribution in [0.4, 0.5) is 5.69 Å². The van der Waals surface area contributed by atoms with E-state index >= 15 is 0 Å². The van der Waals surface area contributed by atoms with E-state index in [-0.39, 0.29) is 24.0 Å². The van der Waals surface area contributed by atoms with E-state index in [1.165, 1.54) is 0 Å². The van der Waals surface area contributed by atoms with Gasteiger partial charge in [-0.1, -0.05) is 35.9 Å². The van der Waals surface area contributed by atoms with Gasteiger partial charge in [-0.25, -0.2) is 4.99 Å². The molecule has 0 unspecified atom stereocenters. The quantitative estimate of drug-likeness (QED) is 0.387. The van der Waals surface area contributed by atoms with Gasteiger partial charge >= 0.3 is 0 Å². The summed E-state index contributed by atoms with van der Waals surface area (Å²) in [4.78, 5) is 4.36. The third-order valence-electron chi connectivity index (χ3n) is 3.26. The molecule has 2 rings (SSSR count). The van der Waals surface area contributed by atoms with Gasteiger partial charge in [0, 0.05) is 12.8 Å². The molecule has 0 fully saturated rings. The summed E-state index contributed by atoms with van der Waals surface area (Å²) in [6, 6.07) is 13.3. The molecule has 0 radical (unpaired) electrons. The van der Waals surface area contributed by atoms with Crippen LogP contribution >= 0.6 is 35.6 Å². The number of benzene rings is 2. The van der Waals surface area contributed by atoms with Crippen molar-refractivity contribution in [2.45, 2.75) is 13.2 Å². The first-order valence-electron chi connectivity index (χ1n) is 7.10. The molecule has 5 nitrogen and oxygen atoms in total. The van der Waals surface area contributed by atoms with Gasteiger partial charge in [-0.15, -0.1) is 24.0 Å². The molecule has 0 saturated carbocycles. The Morgan fingerprint density at radius 3 is 2.50 bits per heavy atom. The van der Waals surface area contributed by atoms with Gasteiger partial charge in [-0.3, -0.25) is 0 Å². The van der Waals surface area contributed by atoms with Crippen molar-refractivity contribution in [3.63, 3.8) is 0 Å². The lowest BCUT2D eigenvalue weighted by atomic mass is 10.1. The first-order valence-corrected chi connectivity index (χ1v) is 7.48. The minimum atomic E-state index is 0. The average Bonchev–Trinajstić information content (AvgIpc) is 2.54. The summed E-state index contributed by atoms with van der Waals surface area (Å²) in [5.74, 6) is 0.930. The molecule has 0 saturated heterocycles. The molecule has 0 aliphatic rings. The van der Waals surface area contributed by atoms with Crippen molar-refractivity contribution in [1.29, 1.82) is 0 Å². The Bertz CT molecular complexity index is 695. The molecular formula is C17H21ClIN3O2. The van der Waals surface area contributed by atoms with Crippen LogP contribution in [0.5, 0.6) is 5.75 Å². The highest BCUT2D eigenvalue weighted by atomic mass is 127. The van der Waals surface area contributed by atoms with Crippen LogP contribution in [0.2, 0.25) is 5.02 Å². The van der Waals surface area contributed by atoms with Gasteiger partial charge < -0.3 is 20.5 Å². The SMILES string of the molecule is COCc1ccccc1CN=C(N)Nc1ccc(OC)c(Cl)c1.I. The molecule has 0 aromatic heterocycles. The average molecular weight is 462 g/mol. The second-order valence-corrected chi connectivity index (χ2v) is 5.28. The van der Waals surface area contributed by atoms with E-state index in [1.54, 1.807) is 26.4 Å². The Morgan fingerprint density at radius 1 is 1.17 bits per heavy atom. The van der Waals surface area contributed by atoms with Gasteiger partial charge in [-0.2, -0.15) is 0 Å². The van der Waals surface area contributed by atoms with Gasteiger partial charge in [0.25, 0.3) is 0 Å². The number of anilines is 1. The van der Waals surface area contributed by atoms with Gasteiger partial charge in [0.2, 0.25) is 0 Å². The topological polar surface area (TPSA) is 68.9 Å². The molecule has 130 valence electrons. The predicted molar refractivity (Wildman–Crippen MR) is 110 cm³/mol. The zero-order valence-electron chi connectivity index (χ0n) is 13.6. The number of hydrogen-bond donors (Lipinski definition) is 2. The molecule has 2 aromatic carbocycles. The smallest absolute Gasteiger partial charge is 0.193 e. The van der Waals surface area contributed by atoms with Gasteiger partial charge in [-0.05, 0) is 29.3 Å². The van der Waals surface area contributed by atoms with E-state index in [1.807, 2.05) is 30.3 Å². The van der Waals surface area contributed by atoms with Crippen LogP contribution in [0.25, 0.3) is 0 Å². The molecule has 2 aromatic rings. The number of nitrogens with zero attached hydrogens (tertiary/aromatic N) is 1. The highest BCUT2D eigenvalue weighted by Crippen LogP contribution is 2.27. The zero-order valence-corrected chi connectivity index (χ0v) is 16.7. The van der Waals surface area contributed by atoms with E-state index < -0.39 is 0 Å². The van der Waals surface area contributed by atoms with Crippen molar-refractivity contribution in [3.05, 3.63) is 58.6 Å². The first-order chi connectivity index (χ1) is 11.1. The molecule has 0 bridgehead atoms. The van der Waals surface area contributed by atoms with E-state index in [0.717, 1.165) is 16.8 Å². The Balaban J connectivity index is 0.00000288. The summed E-state index contributed by atoms with van der Waals surface area (Å²) < 4.78 is 10.3. The highest BCUT2D eigenvalue weighted by molar-refractivity contribution is 14.0. The minimum absolute atomic E-state index is 0. The van der Waals surface area contributed by atoms with Crippen LogP contribution < -0.4 is 15.8 Å².